The maximum atomic E-state index is 12.3. The van der Waals surface area contributed by atoms with Gasteiger partial charge in [-0.15, -0.1) is 0 Å². The van der Waals surface area contributed by atoms with Crippen molar-refractivity contribution in [3.8, 4) is 0 Å². The Morgan fingerprint density at radius 2 is 2.00 bits per heavy atom. The van der Waals surface area contributed by atoms with Crippen LogP contribution in [0.15, 0.2) is 42.9 Å². The number of ether oxygens (including phenoxy) is 1. The Hall–Kier alpha value is -2.10. The van der Waals surface area contributed by atoms with E-state index in [0.717, 1.165) is 18.4 Å². The van der Waals surface area contributed by atoms with Crippen molar-refractivity contribution < 1.29 is 9.53 Å². The summed E-state index contributed by atoms with van der Waals surface area (Å²) in [5.41, 5.74) is 1.65. The van der Waals surface area contributed by atoms with Gasteiger partial charge in [-0.05, 0) is 38.2 Å². The van der Waals surface area contributed by atoms with Crippen molar-refractivity contribution in [2.24, 2.45) is 5.92 Å². The van der Waals surface area contributed by atoms with E-state index in [1.165, 1.54) is 0 Å². The Bertz CT molecular complexity index is 617. The summed E-state index contributed by atoms with van der Waals surface area (Å²) in [4.78, 5) is 16.4. The Balaban J connectivity index is 1.78. The Morgan fingerprint density at radius 3 is 2.67 bits per heavy atom. The van der Waals surface area contributed by atoms with Crippen molar-refractivity contribution in [3.05, 3.63) is 54.1 Å². The van der Waals surface area contributed by atoms with Crippen LogP contribution >= 0.6 is 0 Å². The number of rotatable bonds is 5. The highest BCUT2D eigenvalue weighted by atomic mass is 16.5. The van der Waals surface area contributed by atoms with Crippen molar-refractivity contribution in [2.75, 3.05) is 0 Å². The van der Waals surface area contributed by atoms with E-state index in [0.29, 0.717) is 11.6 Å². The van der Waals surface area contributed by atoms with Gasteiger partial charge in [0.15, 0.2) is 0 Å². The number of carbonyl (C=O) groups is 1. The first-order chi connectivity index (χ1) is 10.2. The molecule has 2 atom stereocenters. The van der Waals surface area contributed by atoms with Crippen LogP contribution in [-0.4, -0.2) is 21.6 Å². The lowest BCUT2D eigenvalue weighted by molar-refractivity contribution is 0.0281. The number of aromatic nitrogens is 2. The average molecular weight is 284 g/mol. The Kier molecular flexibility index (Phi) is 3.78. The van der Waals surface area contributed by atoms with E-state index in [1.54, 1.807) is 12.5 Å². The first kappa shape index (κ1) is 13.9. The van der Waals surface area contributed by atoms with E-state index >= 15 is 0 Å². The smallest absolute Gasteiger partial charge is 0.356 e. The third-order valence-corrected chi connectivity index (χ3v) is 4.15. The van der Waals surface area contributed by atoms with E-state index in [1.807, 2.05) is 41.8 Å². The zero-order valence-electron chi connectivity index (χ0n) is 12.4. The lowest BCUT2D eigenvalue weighted by atomic mass is 10.1. The molecule has 0 saturated heterocycles. The fourth-order valence-electron chi connectivity index (χ4n) is 2.55. The first-order valence-corrected chi connectivity index (χ1v) is 7.44. The molecule has 2 aromatic rings. The van der Waals surface area contributed by atoms with Gasteiger partial charge >= 0.3 is 5.97 Å². The van der Waals surface area contributed by atoms with E-state index in [4.69, 9.17) is 4.74 Å². The summed E-state index contributed by atoms with van der Waals surface area (Å²) in [5, 5.41) is 0. The quantitative estimate of drug-likeness (QED) is 0.790. The van der Waals surface area contributed by atoms with Crippen molar-refractivity contribution in [2.45, 2.75) is 38.8 Å². The van der Waals surface area contributed by atoms with Gasteiger partial charge in [0.2, 0.25) is 0 Å². The predicted molar refractivity (Wildman–Crippen MR) is 80.1 cm³/mol. The molecule has 0 spiro atoms. The normalized spacial score (nSPS) is 17.2. The van der Waals surface area contributed by atoms with Gasteiger partial charge in [-0.2, -0.15) is 0 Å². The Morgan fingerprint density at radius 1 is 1.29 bits per heavy atom. The van der Waals surface area contributed by atoms with Gasteiger partial charge in [-0.1, -0.05) is 30.3 Å². The number of carbonyl (C=O) groups excluding carboxylic acids is 1. The van der Waals surface area contributed by atoms with Gasteiger partial charge in [-0.3, -0.25) is 0 Å². The van der Waals surface area contributed by atoms with Crippen LogP contribution < -0.4 is 0 Å². The van der Waals surface area contributed by atoms with Gasteiger partial charge in [0.1, 0.15) is 11.8 Å². The topological polar surface area (TPSA) is 44.1 Å². The van der Waals surface area contributed by atoms with Crippen LogP contribution in [0.2, 0.25) is 0 Å². The van der Waals surface area contributed by atoms with Gasteiger partial charge in [-0.25, -0.2) is 9.78 Å². The molecule has 0 bridgehead atoms. The van der Waals surface area contributed by atoms with Gasteiger partial charge in [0.25, 0.3) is 0 Å². The largest absolute Gasteiger partial charge is 0.458 e. The molecule has 0 aliphatic heterocycles. The van der Waals surface area contributed by atoms with Crippen molar-refractivity contribution in [1.29, 1.82) is 0 Å². The molecule has 3 rings (SSSR count). The van der Waals surface area contributed by atoms with Crippen LogP contribution in [0.5, 0.6) is 0 Å². The summed E-state index contributed by atoms with van der Waals surface area (Å²) >= 11 is 0. The zero-order valence-corrected chi connectivity index (χ0v) is 12.4. The standard InChI is InChI=1S/C17H20N2O2/c1-12(14-6-4-3-5-7-14)19-11-18-10-16(19)17(20)21-13(2)15-8-9-15/h3-7,10-13,15H,8-9H2,1-2H3. The molecular formula is C17H20N2O2. The van der Waals surface area contributed by atoms with Crippen LogP contribution in [0.1, 0.15) is 48.8 Å². The third-order valence-electron chi connectivity index (χ3n) is 4.15. The first-order valence-electron chi connectivity index (χ1n) is 7.44. The maximum absolute atomic E-state index is 12.3. The molecule has 21 heavy (non-hydrogen) atoms. The molecule has 1 aliphatic carbocycles. The van der Waals surface area contributed by atoms with Crippen molar-refractivity contribution in [1.82, 2.24) is 9.55 Å². The van der Waals surface area contributed by atoms with E-state index in [-0.39, 0.29) is 18.1 Å². The number of benzene rings is 1. The minimum atomic E-state index is -0.283. The highest BCUT2D eigenvalue weighted by Gasteiger charge is 2.31. The van der Waals surface area contributed by atoms with E-state index in [2.05, 4.69) is 11.9 Å². The summed E-state index contributed by atoms with van der Waals surface area (Å²) in [6, 6.07) is 10.1. The zero-order chi connectivity index (χ0) is 14.8. The predicted octanol–water partition coefficient (Wildman–Crippen LogP) is 3.45. The lowest BCUT2D eigenvalue weighted by Gasteiger charge is -2.18. The molecule has 2 unspecified atom stereocenters. The van der Waals surface area contributed by atoms with Gasteiger partial charge < -0.3 is 9.30 Å². The lowest BCUT2D eigenvalue weighted by Crippen LogP contribution is -2.20. The van der Waals surface area contributed by atoms with Gasteiger partial charge in [0.05, 0.1) is 18.6 Å². The highest BCUT2D eigenvalue weighted by molar-refractivity contribution is 5.87. The molecule has 0 N–H and O–H groups in total. The number of nitrogens with zero attached hydrogens (tertiary/aromatic N) is 2. The molecule has 4 nitrogen and oxygen atoms in total. The fraction of sp³-hybridized carbons (Fsp3) is 0.412. The minimum absolute atomic E-state index is 0.00659. The fourth-order valence-corrected chi connectivity index (χ4v) is 2.55. The summed E-state index contributed by atoms with van der Waals surface area (Å²) in [6.45, 7) is 4.02. The average Bonchev–Trinajstić information content (AvgIpc) is 3.24. The third kappa shape index (κ3) is 2.99. The van der Waals surface area contributed by atoms with Crippen LogP contribution in [0.3, 0.4) is 0 Å². The summed E-state index contributed by atoms with van der Waals surface area (Å²) in [7, 11) is 0. The highest BCUT2D eigenvalue weighted by Crippen LogP contribution is 2.34. The van der Waals surface area contributed by atoms with Crippen molar-refractivity contribution in [3.63, 3.8) is 0 Å². The second-order valence-corrected chi connectivity index (χ2v) is 5.72. The number of hydrogen-bond donors (Lipinski definition) is 0. The number of imidazole rings is 1. The molecule has 0 radical (unpaired) electrons. The Labute approximate surface area is 124 Å². The van der Waals surface area contributed by atoms with E-state index in [9.17, 15) is 4.79 Å². The monoisotopic (exact) mass is 284 g/mol. The SMILES string of the molecule is CC(OC(=O)c1cncn1C(C)c1ccccc1)C1CC1. The summed E-state index contributed by atoms with van der Waals surface area (Å²) in [6.07, 6.45) is 5.59. The molecule has 1 aromatic heterocycles. The molecule has 1 saturated carbocycles. The van der Waals surface area contributed by atoms with Crippen LogP contribution in [0, 0.1) is 5.92 Å². The van der Waals surface area contributed by atoms with Crippen LogP contribution in [-0.2, 0) is 4.74 Å². The summed E-state index contributed by atoms with van der Waals surface area (Å²) in [5.74, 6) is 0.256. The van der Waals surface area contributed by atoms with Gasteiger partial charge in [0, 0.05) is 0 Å². The second-order valence-electron chi connectivity index (χ2n) is 5.72. The molecule has 110 valence electrons. The molecule has 1 fully saturated rings. The van der Waals surface area contributed by atoms with Crippen LogP contribution in [0.25, 0.3) is 0 Å². The minimum Gasteiger partial charge on any atom is -0.458 e. The molecular weight excluding hydrogens is 264 g/mol. The van der Waals surface area contributed by atoms with E-state index < -0.39 is 0 Å². The molecule has 1 aromatic carbocycles. The molecule has 0 amide bonds. The number of hydrogen-bond acceptors (Lipinski definition) is 3. The molecule has 1 aliphatic rings. The second kappa shape index (κ2) is 5.72. The van der Waals surface area contributed by atoms with Crippen molar-refractivity contribution >= 4 is 5.97 Å². The molecule has 1 heterocycles. The summed E-state index contributed by atoms with van der Waals surface area (Å²) < 4.78 is 7.42. The van der Waals surface area contributed by atoms with Crippen LogP contribution in [0.4, 0.5) is 0 Å². The number of esters is 1. The molecule has 4 heteroatoms. The maximum Gasteiger partial charge on any atom is 0.356 e.